The number of hydrogen-bond donors (Lipinski definition) is 2. The molecular formula is C13H22N4O. The molecule has 1 aliphatic carbocycles. The third kappa shape index (κ3) is 2.27. The Kier molecular flexibility index (Phi) is 3.43. The molecule has 5 nitrogen and oxygen atoms in total. The number of nitrogens with one attached hydrogen (secondary N) is 1. The van der Waals surface area contributed by atoms with Crippen molar-refractivity contribution in [2.24, 2.45) is 5.41 Å². The van der Waals surface area contributed by atoms with Gasteiger partial charge in [0.1, 0.15) is 5.82 Å². The number of nitrogens with zero attached hydrogens (tertiary/aromatic N) is 2. The van der Waals surface area contributed by atoms with Crippen molar-refractivity contribution in [3.8, 4) is 0 Å². The van der Waals surface area contributed by atoms with Crippen LogP contribution in [0.15, 0.2) is 6.20 Å². The largest absolute Gasteiger partial charge is 0.378 e. The van der Waals surface area contributed by atoms with Crippen LogP contribution < -0.4 is 11.1 Å². The summed E-state index contributed by atoms with van der Waals surface area (Å²) in [5, 5.41) is 3.46. The number of ether oxygens (including phenoxy) is 1. The fraction of sp³-hybridized carbons (Fsp3) is 0.692. The van der Waals surface area contributed by atoms with Crippen LogP contribution in [0.25, 0.3) is 0 Å². The molecule has 0 aromatic carbocycles. The molecular weight excluding hydrogens is 228 g/mol. The van der Waals surface area contributed by atoms with E-state index in [2.05, 4.69) is 29.1 Å². The van der Waals surface area contributed by atoms with Gasteiger partial charge in [-0.1, -0.05) is 13.8 Å². The molecule has 0 spiro atoms. The number of nitrogens with two attached hydrogens (primary N) is 1. The van der Waals surface area contributed by atoms with Crippen molar-refractivity contribution in [3.63, 3.8) is 0 Å². The number of nitrogen functional groups attached to an aromatic ring is 1. The van der Waals surface area contributed by atoms with Crippen molar-refractivity contribution in [2.75, 3.05) is 17.7 Å². The van der Waals surface area contributed by atoms with E-state index in [1.165, 1.54) is 0 Å². The second-order valence-corrected chi connectivity index (χ2v) is 5.46. The van der Waals surface area contributed by atoms with E-state index in [4.69, 9.17) is 10.5 Å². The van der Waals surface area contributed by atoms with E-state index < -0.39 is 0 Å². The summed E-state index contributed by atoms with van der Waals surface area (Å²) in [4.78, 5) is 8.22. The third-order valence-corrected chi connectivity index (χ3v) is 3.85. The molecule has 18 heavy (non-hydrogen) atoms. The van der Waals surface area contributed by atoms with Gasteiger partial charge in [0, 0.05) is 29.8 Å². The smallest absolute Gasteiger partial charge is 0.221 e. The Labute approximate surface area is 108 Å². The topological polar surface area (TPSA) is 73.1 Å². The van der Waals surface area contributed by atoms with Crippen molar-refractivity contribution in [3.05, 3.63) is 11.8 Å². The van der Waals surface area contributed by atoms with E-state index in [9.17, 15) is 0 Å². The summed E-state index contributed by atoms with van der Waals surface area (Å²) < 4.78 is 5.72. The van der Waals surface area contributed by atoms with Gasteiger partial charge in [-0.3, -0.25) is 0 Å². The summed E-state index contributed by atoms with van der Waals surface area (Å²) in [7, 11) is 0. The quantitative estimate of drug-likeness (QED) is 0.855. The Balaban J connectivity index is 2.05. The lowest BCUT2D eigenvalue weighted by atomic mass is 9.64. The van der Waals surface area contributed by atoms with Gasteiger partial charge >= 0.3 is 0 Å². The molecule has 2 rings (SSSR count). The van der Waals surface area contributed by atoms with E-state index in [1.54, 1.807) is 6.20 Å². The number of rotatable bonds is 4. The van der Waals surface area contributed by atoms with E-state index in [0.29, 0.717) is 18.1 Å². The minimum atomic E-state index is 0.113. The van der Waals surface area contributed by atoms with Gasteiger partial charge in [0.15, 0.2) is 0 Å². The Bertz CT molecular complexity index is 433. The second kappa shape index (κ2) is 4.72. The first-order valence-electron chi connectivity index (χ1n) is 6.42. The predicted molar refractivity (Wildman–Crippen MR) is 72.4 cm³/mol. The van der Waals surface area contributed by atoms with Gasteiger partial charge in [-0.2, -0.15) is 4.98 Å². The molecule has 2 unspecified atom stereocenters. The molecule has 0 aliphatic heterocycles. The SMILES string of the molecule is CCOC1CC(Nc2nc(N)ncc2C)C1(C)C. The van der Waals surface area contributed by atoms with Crippen molar-refractivity contribution in [1.29, 1.82) is 0 Å². The van der Waals surface area contributed by atoms with Gasteiger partial charge in [0.2, 0.25) is 5.95 Å². The molecule has 1 aromatic heterocycles. The highest BCUT2D eigenvalue weighted by Gasteiger charge is 2.49. The Morgan fingerprint density at radius 1 is 1.56 bits per heavy atom. The average Bonchev–Trinajstić information content (AvgIpc) is 2.32. The summed E-state index contributed by atoms with van der Waals surface area (Å²) in [6.45, 7) is 9.21. The van der Waals surface area contributed by atoms with Gasteiger partial charge in [-0.25, -0.2) is 4.98 Å². The average molecular weight is 250 g/mol. The van der Waals surface area contributed by atoms with Gasteiger partial charge < -0.3 is 15.8 Å². The summed E-state index contributed by atoms with van der Waals surface area (Å²) in [5.74, 6) is 1.14. The monoisotopic (exact) mass is 250 g/mol. The highest BCUT2D eigenvalue weighted by atomic mass is 16.5. The van der Waals surface area contributed by atoms with Crippen LogP contribution in [0, 0.1) is 12.3 Å². The highest BCUT2D eigenvalue weighted by molar-refractivity contribution is 5.47. The molecule has 100 valence electrons. The first-order chi connectivity index (χ1) is 8.45. The van der Waals surface area contributed by atoms with Crippen molar-refractivity contribution in [1.82, 2.24) is 9.97 Å². The number of aromatic nitrogens is 2. The maximum atomic E-state index is 5.72. The van der Waals surface area contributed by atoms with Crippen LogP contribution in [-0.2, 0) is 4.74 Å². The van der Waals surface area contributed by atoms with Crippen LogP contribution in [0.5, 0.6) is 0 Å². The summed E-state index contributed by atoms with van der Waals surface area (Å²) in [5.41, 5.74) is 6.75. The van der Waals surface area contributed by atoms with E-state index in [-0.39, 0.29) is 5.41 Å². The van der Waals surface area contributed by atoms with Crippen LogP contribution in [0.3, 0.4) is 0 Å². The molecule has 1 heterocycles. The summed E-state index contributed by atoms with van der Waals surface area (Å²) in [6, 6.07) is 0.363. The van der Waals surface area contributed by atoms with Crippen LogP contribution in [0.1, 0.15) is 32.8 Å². The van der Waals surface area contributed by atoms with Crippen molar-refractivity contribution >= 4 is 11.8 Å². The lowest BCUT2D eigenvalue weighted by Crippen LogP contribution is -2.58. The van der Waals surface area contributed by atoms with Gasteiger partial charge in [-0.05, 0) is 20.3 Å². The van der Waals surface area contributed by atoms with Gasteiger partial charge in [0.25, 0.3) is 0 Å². The zero-order chi connectivity index (χ0) is 13.3. The van der Waals surface area contributed by atoms with E-state index >= 15 is 0 Å². The van der Waals surface area contributed by atoms with Crippen molar-refractivity contribution in [2.45, 2.75) is 46.3 Å². The molecule has 5 heteroatoms. The molecule has 0 bridgehead atoms. The molecule has 1 saturated carbocycles. The lowest BCUT2D eigenvalue weighted by Gasteiger charge is -2.51. The molecule has 2 atom stereocenters. The van der Waals surface area contributed by atoms with Crippen LogP contribution in [-0.4, -0.2) is 28.7 Å². The Hall–Kier alpha value is -1.36. The third-order valence-electron chi connectivity index (χ3n) is 3.85. The summed E-state index contributed by atoms with van der Waals surface area (Å²) >= 11 is 0. The Morgan fingerprint density at radius 2 is 2.28 bits per heavy atom. The maximum Gasteiger partial charge on any atom is 0.221 e. The molecule has 0 radical (unpaired) electrons. The second-order valence-electron chi connectivity index (χ2n) is 5.46. The molecule has 0 amide bonds. The first-order valence-corrected chi connectivity index (χ1v) is 6.42. The zero-order valence-electron chi connectivity index (χ0n) is 11.5. The molecule has 0 saturated heterocycles. The predicted octanol–water partition coefficient (Wildman–Crippen LogP) is 1.98. The molecule has 1 aliphatic rings. The minimum absolute atomic E-state index is 0.113. The van der Waals surface area contributed by atoms with E-state index in [1.807, 2.05) is 13.8 Å². The highest BCUT2D eigenvalue weighted by Crippen LogP contribution is 2.44. The lowest BCUT2D eigenvalue weighted by molar-refractivity contribution is -0.0976. The van der Waals surface area contributed by atoms with Crippen LogP contribution >= 0.6 is 0 Å². The number of anilines is 2. The van der Waals surface area contributed by atoms with Crippen molar-refractivity contribution < 1.29 is 4.74 Å². The number of hydrogen-bond acceptors (Lipinski definition) is 5. The van der Waals surface area contributed by atoms with Crippen LogP contribution in [0.4, 0.5) is 11.8 Å². The minimum Gasteiger partial charge on any atom is -0.378 e. The van der Waals surface area contributed by atoms with Gasteiger partial charge in [-0.15, -0.1) is 0 Å². The van der Waals surface area contributed by atoms with E-state index in [0.717, 1.165) is 24.4 Å². The molecule has 1 fully saturated rings. The Morgan fingerprint density at radius 3 is 2.89 bits per heavy atom. The zero-order valence-corrected chi connectivity index (χ0v) is 11.5. The first kappa shape index (κ1) is 13.1. The fourth-order valence-electron chi connectivity index (χ4n) is 2.38. The standard InChI is InChI=1S/C13H22N4O/c1-5-18-10-6-9(13(10,3)4)16-11-8(2)7-15-12(14)17-11/h7,9-10H,5-6H2,1-4H3,(H3,14,15,16,17). The maximum absolute atomic E-state index is 5.72. The molecule has 3 N–H and O–H groups in total. The number of aryl methyl sites for hydroxylation is 1. The van der Waals surface area contributed by atoms with Crippen LogP contribution in [0.2, 0.25) is 0 Å². The normalized spacial score (nSPS) is 25.6. The summed E-state index contributed by atoms with van der Waals surface area (Å²) in [6.07, 6.45) is 3.07. The van der Waals surface area contributed by atoms with Gasteiger partial charge in [0.05, 0.1) is 6.10 Å². The fourth-order valence-corrected chi connectivity index (χ4v) is 2.38. The molecule has 1 aromatic rings.